The summed E-state index contributed by atoms with van der Waals surface area (Å²) in [4.78, 5) is 22.2. The lowest BCUT2D eigenvalue weighted by molar-refractivity contribution is -0.136. The van der Waals surface area contributed by atoms with Gasteiger partial charge >= 0.3 is 5.97 Å². The maximum absolute atomic E-state index is 11.6. The molecule has 0 aliphatic rings. The second-order valence-electron chi connectivity index (χ2n) is 3.68. The fourth-order valence-corrected chi connectivity index (χ4v) is 2.45. The molecule has 3 atom stereocenters. The fraction of sp³-hybridized carbons (Fsp3) is 0.800. The molecule has 2 N–H and O–H groups in total. The third kappa shape index (κ3) is 6.38. The van der Waals surface area contributed by atoms with Gasteiger partial charge in [-0.2, -0.15) is 0 Å². The summed E-state index contributed by atoms with van der Waals surface area (Å²) in [6.07, 6.45) is 0.239. The van der Waals surface area contributed by atoms with E-state index in [1.807, 2.05) is 0 Å². The first kappa shape index (κ1) is 16.1. The van der Waals surface area contributed by atoms with E-state index in [4.69, 9.17) is 9.84 Å². The zero-order valence-corrected chi connectivity index (χ0v) is 11.1. The summed E-state index contributed by atoms with van der Waals surface area (Å²) in [7, 11) is -0.179. The summed E-state index contributed by atoms with van der Waals surface area (Å²) in [5.41, 5.74) is 0. The highest BCUT2D eigenvalue weighted by Crippen LogP contribution is 2.02. The van der Waals surface area contributed by atoms with Crippen molar-refractivity contribution in [2.75, 3.05) is 19.5 Å². The van der Waals surface area contributed by atoms with Gasteiger partial charge < -0.3 is 15.2 Å². The Morgan fingerprint density at radius 1 is 1.47 bits per heavy atom. The van der Waals surface area contributed by atoms with Crippen LogP contribution in [0.5, 0.6) is 0 Å². The largest absolute Gasteiger partial charge is 0.480 e. The highest BCUT2D eigenvalue weighted by molar-refractivity contribution is 7.87. The van der Waals surface area contributed by atoms with Crippen LogP contribution in [-0.4, -0.2) is 52.0 Å². The Morgan fingerprint density at radius 3 is 2.47 bits per heavy atom. The number of methoxy groups -OCH3 is 1. The maximum atomic E-state index is 11.6. The van der Waals surface area contributed by atoms with Crippen LogP contribution >= 0.6 is 0 Å². The first-order chi connectivity index (χ1) is 7.92. The smallest absolute Gasteiger partial charge is 0.319 e. The molecular formula is C10H19NO5S. The average Bonchev–Trinajstić information content (AvgIpc) is 2.17. The van der Waals surface area contributed by atoms with Crippen LogP contribution in [0.4, 0.5) is 0 Å². The van der Waals surface area contributed by atoms with Gasteiger partial charge in [-0.15, -0.1) is 0 Å². The molecule has 0 heterocycles. The van der Waals surface area contributed by atoms with Crippen molar-refractivity contribution in [3.05, 3.63) is 0 Å². The Balaban J connectivity index is 4.19. The molecule has 1 amide bonds. The number of amides is 1. The third-order valence-electron chi connectivity index (χ3n) is 2.06. The number of nitrogens with one attached hydrogen (secondary N) is 1. The molecule has 17 heavy (non-hydrogen) atoms. The first-order valence-electron chi connectivity index (χ1n) is 5.30. The zero-order chi connectivity index (χ0) is 13.4. The van der Waals surface area contributed by atoms with Crippen LogP contribution in [0.1, 0.15) is 20.3 Å². The molecule has 0 spiro atoms. The van der Waals surface area contributed by atoms with Gasteiger partial charge in [-0.25, -0.2) is 0 Å². The van der Waals surface area contributed by atoms with Crippen LogP contribution < -0.4 is 5.32 Å². The first-order valence-corrected chi connectivity index (χ1v) is 6.68. The Hall–Kier alpha value is -0.950. The molecule has 0 aromatic carbocycles. The van der Waals surface area contributed by atoms with E-state index in [-0.39, 0.29) is 18.2 Å². The number of carbonyl (C=O) groups is 2. The van der Waals surface area contributed by atoms with Crippen molar-refractivity contribution in [1.82, 2.24) is 5.32 Å². The number of ether oxygens (including phenoxy) is 1. The Bertz CT molecular complexity index is 294. The minimum atomic E-state index is -1.69. The summed E-state index contributed by atoms with van der Waals surface area (Å²) < 4.78 is 16.4. The van der Waals surface area contributed by atoms with E-state index in [1.54, 1.807) is 13.8 Å². The maximum Gasteiger partial charge on any atom is 0.319 e. The fourth-order valence-electron chi connectivity index (χ4n) is 1.31. The van der Waals surface area contributed by atoms with E-state index < -0.39 is 27.9 Å². The van der Waals surface area contributed by atoms with Gasteiger partial charge in [-0.1, -0.05) is 6.92 Å². The van der Waals surface area contributed by atoms with Gasteiger partial charge in [-0.3, -0.25) is 13.8 Å². The molecule has 0 aliphatic carbocycles. The monoisotopic (exact) mass is 265 g/mol. The lowest BCUT2D eigenvalue weighted by Crippen LogP contribution is -2.40. The van der Waals surface area contributed by atoms with E-state index in [0.717, 1.165) is 0 Å². The molecule has 6 nitrogen and oxygen atoms in total. The molecule has 0 saturated carbocycles. The van der Waals surface area contributed by atoms with Crippen LogP contribution in [0.3, 0.4) is 0 Å². The number of carboxylic acids is 1. The second kappa shape index (κ2) is 8.19. The van der Waals surface area contributed by atoms with Gasteiger partial charge in [0.05, 0.1) is 6.61 Å². The predicted octanol–water partition coefficient (Wildman–Crippen LogP) is -0.251. The van der Waals surface area contributed by atoms with Crippen LogP contribution in [0.2, 0.25) is 0 Å². The molecule has 3 unspecified atom stereocenters. The number of carbonyl (C=O) groups excluding carboxylic acids is 1. The summed E-state index contributed by atoms with van der Waals surface area (Å²) >= 11 is 0. The lowest BCUT2D eigenvalue weighted by Gasteiger charge is -2.14. The van der Waals surface area contributed by atoms with Crippen molar-refractivity contribution in [1.29, 1.82) is 0 Å². The summed E-state index contributed by atoms with van der Waals surface area (Å²) in [5, 5.41) is 10.4. The van der Waals surface area contributed by atoms with Crippen LogP contribution in [0.25, 0.3) is 0 Å². The molecule has 0 aromatic heterocycles. The normalized spacial score (nSPS) is 15.9. The number of carboxylic acid groups (broad SMARTS) is 1. The zero-order valence-electron chi connectivity index (χ0n) is 10.3. The minimum Gasteiger partial charge on any atom is -0.480 e. The van der Waals surface area contributed by atoms with Crippen LogP contribution in [0, 0.1) is 0 Å². The predicted molar refractivity (Wildman–Crippen MR) is 64.2 cm³/mol. The van der Waals surface area contributed by atoms with E-state index in [0.29, 0.717) is 6.61 Å². The molecule has 0 rings (SSSR count). The van der Waals surface area contributed by atoms with Gasteiger partial charge in [0.1, 0.15) is 11.0 Å². The third-order valence-corrected chi connectivity index (χ3v) is 3.78. The molecule has 0 saturated heterocycles. The Morgan fingerprint density at radius 2 is 2.06 bits per heavy atom. The van der Waals surface area contributed by atoms with Crippen molar-refractivity contribution in [3.63, 3.8) is 0 Å². The molecule has 0 bridgehead atoms. The van der Waals surface area contributed by atoms with Gasteiger partial charge in [0.2, 0.25) is 5.91 Å². The van der Waals surface area contributed by atoms with Crippen molar-refractivity contribution in [3.8, 4) is 0 Å². The van der Waals surface area contributed by atoms with E-state index in [1.165, 1.54) is 7.11 Å². The molecule has 0 fully saturated rings. The molecule has 0 aromatic rings. The Labute approximate surface area is 103 Å². The van der Waals surface area contributed by atoms with E-state index in [9.17, 15) is 13.8 Å². The van der Waals surface area contributed by atoms with Crippen molar-refractivity contribution < 1.29 is 23.6 Å². The summed E-state index contributed by atoms with van der Waals surface area (Å²) in [6.45, 7) is 3.73. The lowest BCUT2D eigenvalue weighted by atomic mass is 10.3. The van der Waals surface area contributed by atoms with Gasteiger partial charge in [-0.05, 0) is 13.3 Å². The number of hydrogen-bond acceptors (Lipinski definition) is 4. The highest BCUT2D eigenvalue weighted by Gasteiger charge is 2.24. The summed E-state index contributed by atoms with van der Waals surface area (Å²) in [6, 6.07) is -0.186. The highest BCUT2D eigenvalue weighted by atomic mass is 32.2. The second-order valence-corrected chi connectivity index (χ2v) is 5.30. The van der Waals surface area contributed by atoms with E-state index in [2.05, 4.69) is 5.32 Å². The Kier molecular flexibility index (Phi) is 7.73. The molecule has 0 aliphatic heterocycles. The standard InChI is InChI=1S/C10H19NO5S/c1-4-8(10(13)14)17(15)6-9(12)11-7(2)5-16-3/h7-8H,4-6H2,1-3H3,(H,11,12)(H,13,14). The number of rotatable bonds is 8. The SMILES string of the molecule is CCC(C(=O)O)S(=O)CC(=O)NC(C)COC. The number of hydrogen-bond donors (Lipinski definition) is 2. The van der Waals surface area contributed by atoms with Crippen molar-refractivity contribution in [2.45, 2.75) is 31.6 Å². The molecule has 7 heteroatoms. The quantitative estimate of drug-likeness (QED) is 0.631. The summed E-state index contributed by atoms with van der Waals surface area (Å²) in [5.74, 6) is -1.85. The molecular weight excluding hydrogens is 246 g/mol. The van der Waals surface area contributed by atoms with Gasteiger partial charge in [0, 0.05) is 24.0 Å². The van der Waals surface area contributed by atoms with Gasteiger partial charge in [0.15, 0.2) is 0 Å². The topological polar surface area (TPSA) is 92.7 Å². The number of aliphatic carboxylic acids is 1. The molecule has 100 valence electrons. The molecule has 0 radical (unpaired) electrons. The van der Waals surface area contributed by atoms with Crippen molar-refractivity contribution in [2.24, 2.45) is 0 Å². The van der Waals surface area contributed by atoms with Gasteiger partial charge in [0.25, 0.3) is 0 Å². The average molecular weight is 265 g/mol. The minimum absolute atomic E-state index is 0.186. The van der Waals surface area contributed by atoms with Crippen LogP contribution in [-0.2, 0) is 25.1 Å². The van der Waals surface area contributed by atoms with Crippen LogP contribution in [0.15, 0.2) is 0 Å². The van der Waals surface area contributed by atoms with E-state index >= 15 is 0 Å². The van der Waals surface area contributed by atoms with Crippen molar-refractivity contribution >= 4 is 22.7 Å².